The number of aromatic nitrogens is 2. The van der Waals surface area contributed by atoms with Gasteiger partial charge in [0, 0.05) is 18.5 Å². The Hall–Kier alpha value is -2.31. The molecule has 154 valence electrons. The molecule has 0 unspecified atom stereocenters. The molecule has 0 saturated heterocycles. The minimum absolute atomic E-state index is 0.0928. The smallest absolute Gasteiger partial charge is 0.325 e. The van der Waals surface area contributed by atoms with Gasteiger partial charge in [0.25, 0.3) is 0 Å². The van der Waals surface area contributed by atoms with Crippen molar-refractivity contribution in [3.63, 3.8) is 0 Å². The molecular weight excluding hydrogens is 389 g/mol. The van der Waals surface area contributed by atoms with E-state index < -0.39 is 7.60 Å². The van der Waals surface area contributed by atoms with Crippen LogP contribution in [0.4, 0.5) is 0 Å². The van der Waals surface area contributed by atoms with Crippen LogP contribution >= 0.6 is 7.60 Å². The van der Waals surface area contributed by atoms with Crippen molar-refractivity contribution >= 4 is 7.60 Å². The third-order valence-electron chi connectivity index (χ3n) is 4.51. The second-order valence-electron chi connectivity index (χ2n) is 6.97. The predicted molar refractivity (Wildman–Crippen MR) is 111 cm³/mol. The second-order valence-corrected chi connectivity index (χ2v) is 8.74. The van der Waals surface area contributed by atoms with Gasteiger partial charge in [-0.3, -0.25) is 4.57 Å². The Bertz CT molecular complexity index is 923. The van der Waals surface area contributed by atoms with E-state index in [1.54, 1.807) is 0 Å². The number of nitrogens with one attached hydrogen (secondary N) is 1. The molecule has 0 bridgehead atoms. The van der Waals surface area contributed by atoms with Gasteiger partial charge in [0.2, 0.25) is 11.7 Å². The van der Waals surface area contributed by atoms with Crippen LogP contribution in [0.2, 0.25) is 0 Å². The number of aryl methyl sites for hydroxylation is 2. The molecule has 0 amide bonds. The van der Waals surface area contributed by atoms with E-state index in [0.29, 0.717) is 31.2 Å². The Morgan fingerprint density at radius 3 is 2.41 bits per heavy atom. The van der Waals surface area contributed by atoms with E-state index in [2.05, 4.69) is 27.6 Å². The third-order valence-corrected chi connectivity index (χ3v) is 5.41. The highest BCUT2D eigenvalue weighted by atomic mass is 31.2. The first-order chi connectivity index (χ1) is 14.0. The zero-order valence-electron chi connectivity index (χ0n) is 16.2. The van der Waals surface area contributed by atoms with E-state index in [0.717, 1.165) is 30.4 Å². The van der Waals surface area contributed by atoms with Gasteiger partial charge in [-0.05, 0) is 36.9 Å². The Kier molecular flexibility index (Phi) is 7.72. The van der Waals surface area contributed by atoms with Crippen molar-refractivity contribution in [3.8, 4) is 11.4 Å². The molecule has 8 heteroatoms. The fourth-order valence-electron chi connectivity index (χ4n) is 2.98. The van der Waals surface area contributed by atoms with E-state index in [-0.39, 0.29) is 6.16 Å². The molecular formula is C21H26N3O4P. The van der Waals surface area contributed by atoms with E-state index in [9.17, 15) is 4.57 Å². The second kappa shape index (κ2) is 10.5. The molecule has 1 heterocycles. The van der Waals surface area contributed by atoms with Crippen LogP contribution in [0.5, 0.6) is 0 Å². The van der Waals surface area contributed by atoms with Gasteiger partial charge in [-0.25, -0.2) is 0 Å². The Balaban J connectivity index is 1.43. The number of hydrogen-bond donors (Lipinski definition) is 3. The molecule has 0 aliphatic heterocycles. The lowest BCUT2D eigenvalue weighted by atomic mass is 10.1. The molecule has 0 spiro atoms. The topological polar surface area (TPSA) is 108 Å². The predicted octanol–water partition coefficient (Wildman–Crippen LogP) is 3.57. The minimum Gasteiger partial charge on any atom is -0.339 e. The molecule has 0 atom stereocenters. The maximum Gasteiger partial charge on any atom is 0.325 e. The molecule has 3 N–H and O–H groups in total. The Labute approximate surface area is 170 Å². The van der Waals surface area contributed by atoms with Gasteiger partial charge in [0.15, 0.2) is 0 Å². The van der Waals surface area contributed by atoms with Crippen molar-refractivity contribution in [1.29, 1.82) is 0 Å². The number of benzene rings is 2. The monoisotopic (exact) mass is 415 g/mol. The molecule has 3 aromatic rings. The average Bonchev–Trinajstić information content (AvgIpc) is 3.17. The highest BCUT2D eigenvalue weighted by molar-refractivity contribution is 7.51. The lowest BCUT2D eigenvalue weighted by molar-refractivity contribution is 0.371. The van der Waals surface area contributed by atoms with Crippen LogP contribution in [-0.2, 0) is 24.0 Å². The summed E-state index contributed by atoms with van der Waals surface area (Å²) in [6.45, 7) is 1.20. The summed E-state index contributed by atoms with van der Waals surface area (Å²) in [5.41, 5.74) is 3.28. The highest BCUT2D eigenvalue weighted by Gasteiger charge is 2.11. The van der Waals surface area contributed by atoms with Gasteiger partial charge in [-0.15, -0.1) is 0 Å². The van der Waals surface area contributed by atoms with Crippen LogP contribution in [0, 0.1) is 0 Å². The minimum atomic E-state index is -3.90. The summed E-state index contributed by atoms with van der Waals surface area (Å²) in [6, 6.07) is 18.2. The van der Waals surface area contributed by atoms with Crippen molar-refractivity contribution in [2.75, 3.05) is 12.7 Å². The normalized spacial score (nSPS) is 11.7. The summed E-state index contributed by atoms with van der Waals surface area (Å²) in [5, 5.41) is 7.26. The van der Waals surface area contributed by atoms with Crippen LogP contribution in [0.1, 0.15) is 29.9 Å². The van der Waals surface area contributed by atoms with Gasteiger partial charge in [-0.1, -0.05) is 59.8 Å². The molecule has 2 aromatic carbocycles. The summed E-state index contributed by atoms with van der Waals surface area (Å²) in [6.07, 6.45) is 3.04. The van der Waals surface area contributed by atoms with E-state index in [4.69, 9.17) is 14.3 Å². The van der Waals surface area contributed by atoms with Crippen molar-refractivity contribution in [3.05, 3.63) is 71.6 Å². The fraction of sp³-hybridized carbons (Fsp3) is 0.333. The van der Waals surface area contributed by atoms with Crippen molar-refractivity contribution in [1.82, 2.24) is 15.5 Å². The highest BCUT2D eigenvalue weighted by Crippen LogP contribution is 2.34. The van der Waals surface area contributed by atoms with Crippen LogP contribution in [0.3, 0.4) is 0 Å². The summed E-state index contributed by atoms with van der Waals surface area (Å²) >= 11 is 0. The third kappa shape index (κ3) is 7.55. The van der Waals surface area contributed by atoms with Crippen LogP contribution < -0.4 is 5.32 Å². The summed E-state index contributed by atoms with van der Waals surface area (Å²) in [5.74, 6) is 1.23. The quantitative estimate of drug-likeness (QED) is 0.324. The molecule has 1 aromatic heterocycles. The van der Waals surface area contributed by atoms with E-state index >= 15 is 0 Å². The zero-order valence-corrected chi connectivity index (χ0v) is 17.1. The van der Waals surface area contributed by atoms with Gasteiger partial charge < -0.3 is 19.6 Å². The van der Waals surface area contributed by atoms with Gasteiger partial charge in [0.1, 0.15) is 0 Å². The molecule has 0 radical (unpaired) electrons. The van der Waals surface area contributed by atoms with E-state index in [1.165, 1.54) is 5.56 Å². The molecule has 3 rings (SSSR count). The Morgan fingerprint density at radius 2 is 1.69 bits per heavy atom. The van der Waals surface area contributed by atoms with Crippen LogP contribution in [0.15, 0.2) is 59.1 Å². The number of hydrogen-bond acceptors (Lipinski definition) is 5. The number of rotatable bonds is 11. The van der Waals surface area contributed by atoms with Crippen LogP contribution in [-0.4, -0.2) is 32.6 Å². The van der Waals surface area contributed by atoms with Gasteiger partial charge in [0.05, 0.1) is 6.16 Å². The molecule has 7 nitrogen and oxygen atoms in total. The molecule has 0 fully saturated rings. The van der Waals surface area contributed by atoms with E-state index in [1.807, 2.05) is 42.5 Å². The molecule has 0 saturated carbocycles. The lowest BCUT2D eigenvalue weighted by Gasteiger charge is -2.06. The zero-order chi connectivity index (χ0) is 20.5. The largest absolute Gasteiger partial charge is 0.339 e. The van der Waals surface area contributed by atoms with Gasteiger partial charge >= 0.3 is 7.60 Å². The molecule has 0 aliphatic carbocycles. The first-order valence-corrected chi connectivity index (χ1v) is 11.5. The maximum atomic E-state index is 10.8. The van der Waals surface area contributed by atoms with Crippen molar-refractivity contribution in [2.45, 2.75) is 32.2 Å². The molecule has 29 heavy (non-hydrogen) atoms. The molecule has 0 aliphatic rings. The lowest BCUT2D eigenvalue weighted by Crippen LogP contribution is -2.15. The standard InChI is InChI=1S/C21H26N3O4P/c25-29(26,27)15-5-14-22-16-18-10-12-19(13-11-18)21-23-20(28-24-21)9-4-8-17-6-2-1-3-7-17/h1-3,6-7,10-13,22H,4-5,8-9,14-16H2,(H2,25,26,27). The maximum absolute atomic E-state index is 10.8. The number of nitrogens with zero attached hydrogens (tertiary/aromatic N) is 2. The summed E-state index contributed by atoms with van der Waals surface area (Å²) in [4.78, 5) is 22.2. The summed E-state index contributed by atoms with van der Waals surface area (Å²) < 4.78 is 16.2. The fourth-order valence-corrected chi connectivity index (χ4v) is 3.55. The first-order valence-electron chi connectivity index (χ1n) is 9.71. The SMILES string of the molecule is O=P(O)(O)CCCNCc1ccc(-c2noc(CCCc3ccccc3)n2)cc1. The Morgan fingerprint density at radius 1 is 0.931 bits per heavy atom. The van der Waals surface area contributed by atoms with Gasteiger partial charge in [-0.2, -0.15) is 4.98 Å². The van der Waals surface area contributed by atoms with Crippen LogP contribution in [0.25, 0.3) is 11.4 Å². The van der Waals surface area contributed by atoms with Crippen molar-refractivity contribution < 1.29 is 18.9 Å². The average molecular weight is 415 g/mol. The first kappa shape index (κ1) is 21.4. The van der Waals surface area contributed by atoms with Crippen molar-refractivity contribution in [2.24, 2.45) is 0 Å². The summed E-state index contributed by atoms with van der Waals surface area (Å²) in [7, 11) is -3.90.